The first kappa shape index (κ1) is 16.7. The minimum atomic E-state index is -0.588. The molecule has 1 aliphatic heterocycles. The van der Waals surface area contributed by atoms with Gasteiger partial charge < -0.3 is 20.7 Å². The van der Waals surface area contributed by atoms with Crippen LogP contribution in [0.2, 0.25) is 0 Å². The number of benzene rings is 1. The van der Waals surface area contributed by atoms with Gasteiger partial charge in [0.2, 0.25) is 5.91 Å². The molecule has 1 amide bonds. The summed E-state index contributed by atoms with van der Waals surface area (Å²) in [5, 5.41) is 2.71. The molecule has 1 saturated heterocycles. The fourth-order valence-corrected chi connectivity index (χ4v) is 2.50. The van der Waals surface area contributed by atoms with Gasteiger partial charge in [-0.05, 0) is 30.5 Å². The predicted molar refractivity (Wildman–Crippen MR) is 85.5 cm³/mol. The van der Waals surface area contributed by atoms with Gasteiger partial charge in [0.05, 0.1) is 19.3 Å². The highest BCUT2D eigenvalue weighted by Crippen LogP contribution is 2.23. The van der Waals surface area contributed by atoms with E-state index in [0.29, 0.717) is 44.3 Å². The highest BCUT2D eigenvalue weighted by atomic mass is 19.1. The molecule has 1 aromatic rings. The second-order valence-corrected chi connectivity index (χ2v) is 6.02. The standard InChI is InChI=1S/C16H24FN3O2/c1-11(2)7-15(18)16(21)19-13-8-12(17)9-14(10-13)20-3-5-22-6-4-20/h8-11,15H,3-7,18H2,1-2H3,(H,19,21)/t15-/m0/s1. The lowest BCUT2D eigenvalue weighted by Crippen LogP contribution is -2.37. The lowest BCUT2D eigenvalue weighted by atomic mass is 10.0. The third-order valence-corrected chi connectivity index (χ3v) is 3.59. The lowest BCUT2D eigenvalue weighted by Gasteiger charge is -2.29. The van der Waals surface area contributed by atoms with Gasteiger partial charge in [-0.1, -0.05) is 13.8 Å². The molecule has 5 nitrogen and oxygen atoms in total. The second kappa shape index (κ2) is 7.56. The Hall–Kier alpha value is -1.66. The fourth-order valence-electron chi connectivity index (χ4n) is 2.50. The average Bonchev–Trinajstić information content (AvgIpc) is 2.46. The maximum Gasteiger partial charge on any atom is 0.241 e. The molecule has 1 atom stereocenters. The molecule has 0 spiro atoms. The zero-order valence-corrected chi connectivity index (χ0v) is 13.1. The summed E-state index contributed by atoms with van der Waals surface area (Å²) in [5.74, 6) is -0.332. The van der Waals surface area contributed by atoms with Crippen molar-refractivity contribution in [3.05, 3.63) is 24.0 Å². The molecule has 1 aromatic carbocycles. The van der Waals surface area contributed by atoms with E-state index in [1.807, 2.05) is 18.7 Å². The van der Waals surface area contributed by atoms with Crippen molar-refractivity contribution in [1.82, 2.24) is 0 Å². The zero-order chi connectivity index (χ0) is 16.1. The Balaban J connectivity index is 2.07. The van der Waals surface area contributed by atoms with E-state index in [4.69, 9.17) is 10.5 Å². The second-order valence-electron chi connectivity index (χ2n) is 6.02. The first-order valence-corrected chi connectivity index (χ1v) is 7.65. The number of rotatable bonds is 5. The van der Waals surface area contributed by atoms with E-state index in [9.17, 15) is 9.18 Å². The molecule has 0 unspecified atom stereocenters. The topological polar surface area (TPSA) is 67.6 Å². The number of ether oxygens (including phenoxy) is 1. The molecule has 22 heavy (non-hydrogen) atoms. The number of halogens is 1. The molecule has 1 aliphatic rings. The first-order valence-electron chi connectivity index (χ1n) is 7.65. The molecule has 0 aromatic heterocycles. The highest BCUT2D eigenvalue weighted by molar-refractivity contribution is 5.95. The SMILES string of the molecule is CC(C)C[C@H](N)C(=O)Nc1cc(F)cc(N2CCOCC2)c1. The highest BCUT2D eigenvalue weighted by Gasteiger charge is 2.17. The van der Waals surface area contributed by atoms with E-state index in [1.54, 1.807) is 6.07 Å². The normalized spacial score (nSPS) is 16.7. The third-order valence-electron chi connectivity index (χ3n) is 3.59. The van der Waals surface area contributed by atoms with Crippen LogP contribution in [0.1, 0.15) is 20.3 Å². The minimum absolute atomic E-state index is 0.285. The van der Waals surface area contributed by atoms with E-state index >= 15 is 0 Å². The van der Waals surface area contributed by atoms with Crippen LogP contribution < -0.4 is 16.0 Å². The molecule has 2 rings (SSSR count). The number of nitrogens with two attached hydrogens (primary N) is 1. The van der Waals surface area contributed by atoms with Gasteiger partial charge >= 0.3 is 0 Å². The van der Waals surface area contributed by atoms with Crippen molar-refractivity contribution in [2.24, 2.45) is 11.7 Å². The molecule has 0 bridgehead atoms. The number of hydrogen-bond donors (Lipinski definition) is 2. The molecule has 0 radical (unpaired) electrons. The summed E-state index contributed by atoms with van der Waals surface area (Å²) in [4.78, 5) is 14.1. The summed E-state index contributed by atoms with van der Waals surface area (Å²) in [6.07, 6.45) is 0.595. The molecule has 1 fully saturated rings. The summed E-state index contributed by atoms with van der Waals surface area (Å²) in [6.45, 7) is 6.68. The van der Waals surface area contributed by atoms with Crippen molar-refractivity contribution in [2.75, 3.05) is 36.5 Å². The number of nitrogens with one attached hydrogen (secondary N) is 1. The van der Waals surface area contributed by atoms with Crippen molar-refractivity contribution in [3.8, 4) is 0 Å². The van der Waals surface area contributed by atoms with Crippen LogP contribution in [-0.2, 0) is 9.53 Å². The van der Waals surface area contributed by atoms with Crippen LogP contribution in [0.5, 0.6) is 0 Å². The Bertz CT molecular complexity index is 516. The van der Waals surface area contributed by atoms with E-state index in [0.717, 1.165) is 5.69 Å². The average molecular weight is 309 g/mol. The van der Waals surface area contributed by atoms with Gasteiger partial charge in [-0.15, -0.1) is 0 Å². The van der Waals surface area contributed by atoms with Crippen LogP contribution in [0.3, 0.4) is 0 Å². The van der Waals surface area contributed by atoms with Crippen LogP contribution in [0.4, 0.5) is 15.8 Å². The van der Waals surface area contributed by atoms with Gasteiger partial charge in [0, 0.05) is 24.5 Å². The Labute approximate surface area is 130 Å². The van der Waals surface area contributed by atoms with Gasteiger partial charge in [-0.3, -0.25) is 4.79 Å². The maximum atomic E-state index is 13.8. The Morgan fingerprint density at radius 2 is 2.05 bits per heavy atom. The molecule has 3 N–H and O–H groups in total. The summed E-state index contributed by atoms with van der Waals surface area (Å²) in [6, 6.07) is 3.96. The molecule has 122 valence electrons. The monoisotopic (exact) mass is 309 g/mol. The minimum Gasteiger partial charge on any atom is -0.378 e. The maximum absolute atomic E-state index is 13.8. The van der Waals surface area contributed by atoms with E-state index < -0.39 is 6.04 Å². The molecule has 6 heteroatoms. The number of anilines is 2. The number of nitrogens with zero attached hydrogens (tertiary/aromatic N) is 1. The summed E-state index contributed by atoms with van der Waals surface area (Å²) < 4.78 is 19.1. The third kappa shape index (κ3) is 4.68. The van der Waals surface area contributed by atoms with Crippen LogP contribution in [0.15, 0.2) is 18.2 Å². The van der Waals surface area contributed by atoms with E-state index in [2.05, 4.69) is 5.32 Å². The smallest absolute Gasteiger partial charge is 0.241 e. The molecule has 0 aliphatic carbocycles. The van der Waals surface area contributed by atoms with Gasteiger partial charge in [-0.25, -0.2) is 4.39 Å². The molecular weight excluding hydrogens is 285 g/mol. The number of hydrogen-bond acceptors (Lipinski definition) is 4. The lowest BCUT2D eigenvalue weighted by molar-refractivity contribution is -0.117. The zero-order valence-electron chi connectivity index (χ0n) is 13.1. The van der Waals surface area contributed by atoms with Gasteiger partial charge in [-0.2, -0.15) is 0 Å². The number of amides is 1. The summed E-state index contributed by atoms with van der Waals surface area (Å²) in [7, 11) is 0. The first-order chi connectivity index (χ1) is 10.5. The van der Waals surface area contributed by atoms with Crippen LogP contribution in [0, 0.1) is 11.7 Å². The van der Waals surface area contributed by atoms with E-state index in [1.165, 1.54) is 12.1 Å². The molecular formula is C16H24FN3O2. The van der Waals surface area contributed by atoms with Crippen molar-refractivity contribution in [1.29, 1.82) is 0 Å². The van der Waals surface area contributed by atoms with Crippen LogP contribution in [-0.4, -0.2) is 38.3 Å². The van der Waals surface area contributed by atoms with E-state index in [-0.39, 0.29) is 11.7 Å². The fraction of sp³-hybridized carbons (Fsp3) is 0.562. The summed E-state index contributed by atoms with van der Waals surface area (Å²) >= 11 is 0. The van der Waals surface area contributed by atoms with Crippen LogP contribution in [0.25, 0.3) is 0 Å². The van der Waals surface area contributed by atoms with Crippen molar-refractivity contribution in [3.63, 3.8) is 0 Å². The van der Waals surface area contributed by atoms with Gasteiger partial charge in [0.25, 0.3) is 0 Å². The van der Waals surface area contributed by atoms with Crippen molar-refractivity contribution >= 4 is 17.3 Å². The molecule has 1 heterocycles. The van der Waals surface area contributed by atoms with Crippen molar-refractivity contribution in [2.45, 2.75) is 26.3 Å². The Morgan fingerprint density at radius 1 is 1.36 bits per heavy atom. The van der Waals surface area contributed by atoms with Gasteiger partial charge in [0.15, 0.2) is 0 Å². The van der Waals surface area contributed by atoms with Crippen molar-refractivity contribution < 1.29 is 13.9 Å². The Kier molecular flexibility index (Phi) is 5.74. The van der Waals surface area contributed by atoms with Gasteiger partial charge in [0.1, 0.15) is 5.82 Å². The number of morpholine rings is 1. The Morgan fingerprint density at radius 3 is 2.68 bits per heavy atom. The predicted octanol–water partition coefficient (Wildman–Crippen LogP) is 1.97. The molecule has 0 saturated carbocycles. The van der Waals surface area contributed by atoms with Crippen LogP contribution >= 0.6 is 0 Å². The summed E-state index contributed by atoms with van der Waals surface area (Å²) in [5.41, 5.74) is 7.03. The quantitative estimate of drug-likeness (QED) is 0.872. The number of carbonyl (C=O) groups excluding carboxylic acids is 1. The number of carbonyl (C=O) groups is 1. The largest absolute Gasteiger partial charge is 0.378 e.